The summed E-state index contributed by atoms with van der Waals surface area (Å²) in [6.45, 7) is 4.06. The molecule has 0 saturated carbocycles. The van der Waals surface area contributed by atoms with E-state index >= 15 is 0 Å². The summed E-state index contributed by atoms with van der Waals surface area (Å²) < 4.78 is 13.3. The number of pyridine rings is 1. The molecule has 0 unspecified atom stereocenters. The molecule has 0 bridgehead atoms. The highest BCUT2D eigenvalue weighted by Gasteiger charge is 2.16. The summed E-state index contributed by atoms with van der Waals surface area (Å²) in [5.41, 5.74) is 6.20. The van der Waals surface area contributed by atoms with Gasteiger partial charge in [0.05, 0.1) is 10.6 Å². The minimum atomic E-state index is -0.241. The Morgan fingerprint density at radius 1 is 0.846 bits per heavy atom. The van der Waals surface area contributed by atoms with E-state index in [0.717, 1.165) is 38.0 Å². The largest absolute Gasteiger partial charge is 0.262 e. The first kappa shape index (κ1) is 16.6. The van der Waals surface area contributed by atoms with Crippen molar-refractivity contribution in [2.75, 3.05) is 0 Å². The molecule has 0 amide bonds. The molecule has 2 aromatic carbocycles. The highest BCUT2D eigenvalue weighted by molar-refractivity contribution is 7.19. The number of hydrogen-bond donors (Lipinski definition) is 0. The van der Waals surface area contributed by atoms with Gasteiger partial charge in [0, 0.05) is 23.0 Å². The highest BCUT2D eigenvalue weighted by atomic mass is 32.1. The maximum atomic E-state index is 13.3. The van der Waals surface area contributed by atoms with Gasteiger partial charge in [0.25, 0.3) is 0 Å². The second kappa shape index (κ2) is 6.81. The van der Waals surface area contributed by atoms with Crippen LogP contribution in [0.2, 0.25) is 0 Å². The Kier molecular flexibility index (Phi) is 4.35. The molecule has 0 atom stereocenters. The zero-order valence-electron chi connectivity index (χ0n) is 14.5. The molecule has 2 aromatic heterocycles. The number of aryl methyl sites for hydroxylation is 2. The van der Waals surface area contributed by atoms with Crippen molar-refractivity contribution < 1.29 is 4.39 Å². The van der Waals surface area contributed by atoms with E-state index in [9.17, 15) is 4.39 Å². The Bertz CT molecular complexity index is 1000. The normalized spacial score (nSPS) is 10.9. The molecule has 0 radical (unpaired) electrons. The van der Waals surface area contributed by atoms with E-state index in [4.69, 9.17) is 4.98 Å². The van der Waals surface area contributed by atoms with Crippen LogP contribution in [0.15, 0.2) is 66.9 Å². The van der Waals surface area contributed by atoms with Crippen molar-refractivity contribution in [2.45, 2.75) is 13.8 Å². The molecule has 0 aliphatic rings. The van der Waals surface area contributed by atoms with Gasteiger partial charge in [-0.15, -0.1) is 11.3 Å². The molecule has 0 aliphatic heterocycles. The first-order valence-corrected chi connectivity index (χ1v) is 9.18. The maximum absolute atomic E-state index is 13.3. The van der Waals surface area contributed by atoms with Gasteiger partial charge in [0.15, 0.2) is 0 Å². The molecule has 26 heavy (non-hydrogen) atoms. The molecule has 0 aliphatic carbocycles. The molecule has 4 aromatic rings. The summed E-state index contributed by atoms with van der Waals surface area (Å²) in [5, 5.41) is 0.881. The smallest absolute Gasteiger partial charge is 0.124 e. The predicted octanol–water partition coefficient (Wildman–Crippen LogP) is 6.30. The number of rotatable bonds is 3. The van der Waals surface area contributed by atoms with Crippen LogP contribution in [0.25, 0.3) is 32.3 Å². The van der Waals surface area contributed by atoms with Crippen LogP contribution in [0, 0.1) is 19.7 Å². The standard InChI is InChI=1S/C22H17FN2S/c1-14-4-3-5-17(12-14)20-21(18-10-11-24-15(2)13-18)26-22(25-20)16-6-8-19(23)9-7-16/h3-13H,1-2H3. The van der Waals surface area contributed by atoms with Crippen LogP contribution in [-0.4, -0.2) is 9.97 Å². The number of nitrogens with zero attached hydrogens (tertiary/aromatic N) is 2. The van der Waals surface area contributed by atoms with Crippen LogP contribution >= 0.6 is 11.3 Å². The van der Waals surface area contributed by atoms with Crippen LogP contribution in [0.3, 0.4) is 0 Å². The Labute approximate surface area is 156 Å². The van der Waals surface area contributed by atoms with Crippen LogP contribution < -0.4 is 0 Å². The van der Waals surface area contributed by atoms with Crippen molar-refractivity contribution >= 4 is 11.3 Å². The van der Waals surface area contributed by atoms with Gasteiger partial charge >= 0.3 is 0 Å². The van der Waals surface area contributed by atoms with Gasteiger partial charge in [0.1, 0.15) is 10.8 Å². The van der Waals surface area contributed by atoms with Crippen LogP contribution in [0.4, 0.5) is 4.39 Å². The summed E-state index contributed by atoms with van der Waals surface area (Å²) in [4.78, 5) is 10.3. The van der Waals surface area contributed by atoms with Gasteiger partial charge < -0.3 is 0 Å². The predicted molar refractivity (Wildman–Crippen MR) is 106 cm³/mol. The molecule has 2 heterocycles. The molecule has 0 saturated heterocycles. The van der Waals surface area contributed by atoms with Crippen LogP contribution in [-0.2, 0) is 0 Å². The molecular weight excluding hydrogens is 343 g/mol. The highest BCUT2D eigenvalue weighted by Crippen LogP contribution is 2.40. The molecule has 4 rings (SSSR count). The third-order valence-electron chi connectivity index (χ3n) is 4.17. The van der Waals surface area contributed by atoms with Crippen molar-refractivity contribution in [2.24, 2.45) is 0 Å². The zero-order valence-corrected chi connectivity index (χ0v) is 15.3. The molecule has 128 valence electrons. The quantitative estimate of drug-likeness (QED) is 0.429. The average Bonchev–Trinajstić information content (AvgIpc) is 3.08. The lowest BCUT2D eigenvalue weighted by molar-refractivity contribution is 0.628. The fraction of sp³-hybridized carbons (Fsp3) is 0.0909. The van der Waals surface area contributed by atoms with Crippen molar-refractivity contribution in [1.82, 2.24) is 9.97 Å². The van der Waals surface area contributed by atoms with E-state index < -0.39 is 0 Å². The van der Waals surface area contributed by atoms with Crippen molar-refractivity contribution in [1.29, 1.82) is 0 Å². The first-order chi connectivity index (χ1) is 12.6. The van der Waals surface area contributed by atoms with E-state index in [-0.39, 0.29) is 5.82 Å². The first-order valence-electron chi connectivity index (χ1n) is 8.37. The topological polar surface area (TPSA) is 25.8 Å². The number of halogens is 1. The second-order valence-electron chi connectivity index (χ2n) is 6.26. The molecular formula is C22H17FN2S. The van der Waals surface area contributed by atoms with Gasteiger partial charge in [-0.2, -0.15) is 0 Å². The maximum Gasteiger partial charge on any atom is 0.124 e. The molecule has 2 nitrogen and oxygen atoms in total. The third-order valence-corrected chi connectivity index (χ3v) is 5.32. The van der Waals surface area contributed by atoms with Crippen molar-refractivity contribution in [3.05, 3.63) is 83.9 Å². The number of benzene rings is 2. The summed E-state index contributed by atoms with van der Waals surface area (Å²) >= 11 is 1.62. The molecule has 4 heteroatoms. The van der Waals surface area contributed by atoms with Gasteiger partial charge in [-0.25, -0.2) is 9.37 Å². The van der Waals surface area contributed by atoms with E-state index in [1.165, 1.54) is 17.7 Å². The minimum absolute atomic E-state index is 0.241. The van der Waals surface area contributed by atoms with Crippen molar-refractivity contribution in [3.63, 3.8) is 0 Å². The lowest BCUT2D eigenvalue weighted by atomic mass is 10.1. The Balaban J connectivity index is 1.92. The summed E-state index contributed by atoms with van der Waals surface area (Å²) in [6.07, 6.45) is 1.82. The van der Waals surface area contributed by atoms with Gasteiger partial charge in [0.2, 0.25) is 0 Å². The van der Waals surface area contributed by atoms with E-state index in [0.29, 0.717) is 0 Å². The Morgan fingerprint density at radius 3 is 2.38 bits per heavy atom. The molecule has 0 fully saturated rings. The number of thiazole rings is 1. The zero-order chi connectivity index (χ0) is 18.1. The Hall–Kier alpha value is -2.85. The SMILES string of the molecule is Cc1cccc(-c2nc(-c3ccc(F)cc3)sc2-c2ccnc(C)c2)c1. The fourth-order valence-corrected chi connectivity index (χ4v) is 4.00. The van der Waals surface area contributed by atoms with Crippen LogP contribution in [0.5, 0.6) is 0 Å². The lowest BCUT2D eigenvalue weighted by Crippen LogP contribution is -1.86. The average molecular weight is 360 g/mol. The van der Waals surface area contributed by atoms with E-state index in [2.05, 4.69) is 36.2 Å². The van der Waals surface area contributed by atoms with Gasteiger partial charge in [-0.3, -0.25) is 4.98 Å². The molecule has 0 spiro atoms. The monoisotopic (exact) mass is 360 g/mol. The van der Waals surface area contributed by atoms with Crippen molar-refractivity contribution in [3.8, 4) is 32.3 Å². The van der Waals surface area contributed by atoms with E-state index in [1.54, 1.807) is 23.5 Å². The third kappa shape index (κ3) is 3.28. The summed E-state index contributed by atoms with van der Waals surface area (Å²) in [7, 11) is 0. The van der Waals surface area contributed by atoms with Crippen LogP contribution in [0.1, 0.15) is 11.3 Å². The van der Waals surface area contributed by atoms with E-state index in [1.807, 2.05) is 25.3 Å². The second-order valence-corrected chi connectivity index (χ2v) is 7.26. The lowest BCUT2D eigenvalue weighted by Gasteiger charge is -2.04. The molecule has 0 N–H and O–H groups in total. The van der Waals surface area contributed by atoms with Gasteiger partial charge in [-0.05, 0) is 61.9 Å². The number of hydrogen-bond acceptors (Lipinski definition) is 3. The Morgan fingerprint density at radius 2 is 1.65 bits per heavy atom. The summed E-state index contributed by atoms with van der Waals surface area (Å²) in [5.74, 6) is -0.241. The summed E-state index contributed by atoms with van der Waals surface area (Å²) in [6, 6.07) is 18.9. The number of aromatic nitrogens is 2. The fourth-order valence-electron chi connectivity index (χ4n) is 2.91. The van der Waals surface area contributed by atoms with Gasteiger partial charge in [-0.1, -0.05) is 23.8 Å². The minimum Gasteiger partial charge on any atom is -0.262 e.